The fourth-order valence-corrected chi connectivity index (χ4v) is 12.9. The van der Waals surface area contributed by atoms with Crippen molar-refractivity contribution in [1.82, 2.24) is 0 Å². The standard InChI is InChI=1S/C65H47NS/c1-64(2)58-27-10-7-21-53(58)56-25-14-23-50(62(56)64)45-16-13-19-49(40-45)66(48-37-32-43(33-38-48)51-24-15-26-57-55-22-9-12-29-61(55)67-63(51)57)47-35-30-42(31-36-47)44-34-39-54-52-20-8-11-28-59(52)65(3,60(54)41-44)46-17-5-4-6-18-46/h4-41H,1-3H3. The summed E-state index contributed by atoms with van der Waals surface area (Å²) in [5, 5.41) is 2.64. The molecule has 2 aliphatic rings. The van der Waals surface area contributed by atoms with E-state index in [-0.39, 0.29) is 10.8 Å². The molecule has 0 N–H and O–H groups in total. The summed E-state index contributed by atoms with van der Waals surface area (Å²) in [4.78, 5) is 2.42. The van der Waals surface area contributed by atoms with Gasteiger partial charge in [0.15, 0.2) is 0 Å². The van der Waals surface area contributed by atoms with Gasteiger partial charge in [-0.05, 0) is 139 Å². The van der Waals surface area contributed by atoms with Crippen LogP contribution in [0.25, 0.3) is 75.8 Å². The molecular weight excluding hydrogens is 827 g/mol. The topological polar surface area (TPSA) is 3.24 Å². The van der Waals surface area contributed by atoms with Crippen LogP contribution < -0.4 is 4.90 Å². The number of fused-ring (bicyclic) bond motifs is 9. The second kappa shape index (κ2) is 15.1. The highest BCUT2D eigenvalue weighted by Crippen LogP contribution is 2.54. The largest absolute Gasteiger partial charge is 0.310 e. The third-order valence-electron chi connectivity index (χ3n) is 15.0. The van der Waals surface area contributed by atoms with Crippen LogP contribution in [-0.4, -0.2) is 0 Å². The highest BCUT2D eigenvalue weighted by Gasteiger charge is 2.41. The molecule has 0 amide bonds. The first-order valence-electron chi connectivity index (χ1n) is 23.4. The molecule has 0 saturated carbocycles. The van der Waals surface area contributed by atoms with Crippen molar-refractivity contribution in [2.75, 3.05) is 4.90 Å². The molecule has 0 saturated heterocycles. The Bertz CT molecular complexity index is 3730. The summed E-state index contributed by atoms with van der Waals surface area (Å²) in [6.07, 6.45) is 0. The first-order valence-corrected chi connectivity index (χ1v) is 24.2. The zero-order chi connectivity index (χ0) is 44.9. The smallest absolute Gasteiger partial charge is 0.0467 e. The number of hydrogen-bond donors (Lipinski definition) is 0. The predicted molar refractivity (Wildman–Crippen MR) is 285 cm³/mol. The van der Waals surface area contributed by atoms with Crippen molar-refractivity contribution in [3.8, 4) is 55.6 Å². The quantitative estimate of drug-likeness (QED) is 0.154. The Morgan fingerprint density at radius 2 is 0.910 bits per heavy atom. The highest BCUT2D eigenvalue weighted by atomic mass is 32.1. The van der Waals surface area contributed by atoms with E-state index in [9.17, 15) is 0 Å². The second-order valence-corrected chi connectivity index (χ2v) is 20.0. The Kier molecular flexibility index (Phi) is 8.94. The minimum absolute atomic E-state index is 0.125. The van der Waals surface area contributed by atoms with Gasteiger partial charge in [0.05, 0.1) is 0 Å². The Balaban J connectivity index is 0.921. The molecule has 0 bridgehead atoms. The number of nitrogens with zero attached hydrogens (tertiary/aromatic N) is 1. The summed E-state index contributed by atoms with van der Waals surface area (Å²) in [5.41, 5.74) is 22.5. The summed E-state index contributed by atoms with van der Waals surface area (Å²) in [6.45, 7) is 7.15. The maximum absolute atomic E-state index is 2.44. The molecule has 2 heteroatoms. The normalized spacial score (nSPS) is 15.3. The Hall–Kier alpha value is -7.78. The van der Waals surface area contributed by atoms with Crippen LogP contribution in [0.4, 0.5) is 17.1 Å². The summed E-state index contributed by atoms with van der Waals surface area (Å²) in [5.74, 6) is 0. The number of anilines is 3. The monoisotopic (exact) mass is 873 g/mol. The lowest BCUT2D eigenvalue weighted by molar-refractivity contribution is 0.662. The van der Waals surface area contributed by atoms with Crippen LogP contribution in [0.5, 0.6) is 0 Å². The van der Waals surface area contributed by atoms with Crippen LogP contribution in [0, 0.1) is 0 Å². The van der Waals surface area contributed by atoms with Gasteiger partial charge < -0.3 is 4.90 Å². The molecule has 1 atom stereocenters. The molecule has 11 aromatic rings. The van der Waals surface area contributed by atoms with Crippen molar-refractivity contribution >= 4 is 48.6 Å². The molecule has 67 heavy (non-hydrogen) atoms. The Labute approximate surface area is 396 Å². The maximum Gasteiger partial charge on any atom is 0.0467 e. The van der Waals surface area contributed by atoms with Crippen LogP contribution >= 0.6 is 11.3 Å². The van der Waals surface area contributed by atoms with Crippen molar-refractivity contribution in [2.45, 2.75) is 31.6 Å². The Morgan fingerprint density at radius 3 is 1.70 bits per heavy atom. The second-order valence-electron chi connectivity index (χ2n) is 19.0. The summed E-state index contributed by atoms with van der Waals surface area (Å²) in [7, 11) is 0. The van der Waals surface area contributed by atoms with Gasteiger partial charge in [-0.3, -0.25) is 0 Å². The minimum atomic E-state index is -0.253. The van der Waals surface area contributed by atoms with Gasteiger partial charge in [-0.15, -0.1) is 11.3 Å². The van der Waals surface area contributed by atoms with Gasteiger partial charge in [-0.25, -0.2) is 0 Å². The number of benzene rings is 10. The van der Waals surface area contributed by atoms with Gasteiger partial charge in [0.25, 0.3) is 0 Å². The molecule has 1 aromatic heterocycles. The van der Waals surface area contributed by atoms with E-state index in [4.69, 9.17) is 0 Å². The molecule has 13 rings (SSSR count). The van der Waals surface area contributed by atoms with Crippen LogP contribution in [-0.2, 0) is 10.8 Å². The average Bonchev–Trinajstić information content (AvgIpc) is 3.98. The maximum atomic E-state index is 2.44. The lowest BCUT2D eigenvalue weighted by Crippen LogP contribution is -2.22. The molecule has 0 radical (unpaired) electrons. The molecule has 1 heterocycles. The first kappa shape index (κ1) is 39.6. The number of hydrogen-bond acceptors (Lipinski definition) is 2. The van der Waals surface area contributed by atoms with E-state index in [2.05, 4.69) is 256 Å². The van der Waals surface area contributed by atoms with E-state index in [1.54, 1.807) is 0 Å². The van der Waals surface area contributed by atoms with E-state index in [1.807, 2.05) is 11.3 Å². The summed E-state index contributed by atoms with van der Waals surface area (Å²) < 4.78 is 2.65. The third-order valence-corrected chi connectivity index (χ3v) is 16.2. The molecule has 2 aliphatic carbocycles. The van der Waals surface area contributed by atoms with Gasteiger partial charge in [-0.2, -0.15) is 0 Å². The predicted octanol–water partition coefficient (Wildman–Crippen LogP) is 18.2. The molecule has 1 nitrogen and oxygen atoms in total. The highest BCUT2D eigenvalue weighted by molar-refractivity contribution is 7.26. The van der Waals surface area contributed by atoms with E-state index in [0.717, 1.165) is 17.1 Å². The van der Waals surface area contributed by atoms with Gasteiger partial charge in [-0.1, -0.05) is 196 Å². The molecule has 0 spiro atoms. The van der Waals surface area contributed by atoms with E-state index >= 15 is 0 Å². The van der Waals surface area contributed by atoms with Crippen LogP contribution in [0.3, 0.4) is 0 Å². The summed E-state index contributed by atoms with van der Waals surface area (Å²) >= 11 is 1.88. The third kappa shape index (κ3) is 6.06. The zero-order valence-corrected chi connectivity index (χ0v) is 38.6. The van der Waals surface area contributed by atoms with E-state index in [0.29, 0.717) is 0 Å². The zero-order valence-electron chi connectivity index (χ0n) is 37.8. The summed E-state index contributed by atoms with van der Waals surface area (Å²) in [6, 6.07) is 85.8. The molecule has 318 valence electrons. The van der Waals surface area contributed by atoms with E-state index in [1.165, 1.54) is 104 Å². The Morgan fingerprint density at radius 1 is 0.343 bits per heavy atom. The van der Waals surface area contributed by atoms with Gasteiger partial charge in [0.1, 0.15) is 0 Å². The van der Waals surface area contributed by atoms with Crippen molar-refractivity contribution in [3.63, 3.8) is 0 Å². The average molecular weight is 874 g/mol. The molecule has 10 aromatic carbocycles. The lowest BCUT2D eigenvalue weighted by atomic mass is 9.74. The molecule has 0 fully saturated rings. The minimum Gasteiger partial charge on any atom is -0.310 e. The van der Waals surface area contributed by atoms with Crippen LogP contribution in [0.2, 0.25) is 0 Å². The molecule has 1 unspecified atom stereocenters. The van der Waals surface area contributed by atoms with Crippen molar-refractivity contribution in [3.05, 3.63) is 258 Å². The van der Waals surface area contributed by atoms with Gasteiger partial charge >= 0.3 is 0 Å². The lowest BCUT2D eigenvalue weighted by Gasteiger charge is -2.29. The fraction of sp³-hybridized carbons (Fsp3) is 0.0769. The van der Waals surface area contributed by atoms with Gasteiger partial charge in [0, 0.05) is 48.1 Å². The van der Waals surface area contributed by atoms with Crippen molar-refractivity contribution in [2.24, 2.45) is 0 Å². The van der Waals surface area contributed by atoms with Crippen molar-refractivity contribution in [1.29, 1.82) is 0 Å². The SMILES string of the molecule is CC1(C)c2ccccc2-c2cccc(-c3cccc(N(c4ccc(-c5ccc6c(c5)C(C)(c5ccccc5)c5ccccc5-6)cc4)c4ccc(-c5cccc6c5sc5ccccc56)cc4)c3)c21. The van der Waals surface area contributed by atoms with Crippen LogP contribution in [0.15, 0.2) is 231 Å². The molecule has 0 aliphatic heterocycles. The number of rotatable bonds is 7. The van der Waals surface area contributed by atoms with E-state index < -0.39 is 0 Å². The first-order chi connectivity index (χ1) is 32.9. The molecular formula is C65H47NS. The fourth-order valence-electron chi connectivity index (χ4n) is 11.7. The van der Waals surface area contributed by atoms with Crippen LogP contribution in [0.1, 0.15) is 48.6 Å². The van der Waals surface area contributed by atoms with Crippen molar-refractivity contribution < 1.29 is 0 Å². The van der Waals surface area contributed by atoms with Gasteiger partial charge in [0.2, 0.25) is 0 Å². The number of thiophene rings is 1.